The molecule has 0 aliphatic carbocycles. The van der Waals surface area contributed by atoms with Crippen LogP contribution in [0.25, 0.3) is 10.8 Å². The van der Waals surface area contributed by atoms with Gasteiger partial charge in [0.05, 0.1) is 0 Å². The maximum atomic E-state index is 8.79. The molecule has 0 unspecified atom stereocenters. The van der Waals surface area contributed by atoms with E-state index in [9.17, 15) is 0 Å². The summed E-state index contributed by atoms with van der Waals surface area (Å²) in [5, 5.41) is 14.3. The highest BCUT2D eigenvalue weighted by molar-refractivity contribution is 7.93. The second-order valence-electron chi connectivity index (χ2n) is 2.65. The molecule has 23 heavy (non-hydrogen) atoms. The number of rotatable bonds is 2. The van der Waals surface area contributed by atoms with E-state index in [1.165, 1.54) is 10.8 Å². The van der Waals surface area contributed by atoms with Crippen LogP contribution in [0, 0.1) is 0 Å². The molecule has 0 atom stereocenters. The maximum absolute atomic E-state index is 8.79. The highest BCUT2D eigenvalue weighted by Gasteiger charge is 1.85. The molecule has 0 fully saturated rings. The Balaban J connectivity index is -0.000000120. The van der Waals surface area contributed by atoms with Crippen molar-refractivity contribution in [3.8, 4) is 0 Å². The fraction of sp³-hybridized carbons (Fsp3) is 0.474. The molecule has 0 saturated heterocycles. The van der Waals surface area contributed by atoms with Gasteiger partial charge >= 0.3 is 0 Å². The van der Waals surface area contributed by atoms with Crippen LogP contribution in [0.2, 0.25) is 0 Å². The summed E-state index contributed by atoms with van der Waals surface area (Å²) in [6.07, 6.45) is 1.58. The number of benzene rings is 2. The zero-order chi connectivity index (χ0) is 18.9. The summed E-state index contributed by atoms with van der Waals surface area (Å²) < 4.78 is 3.69. The first-order chi connectivity index (χ1) is 11.4. The molecule has 0 aromatic heterocycles. The van der Waals surface area contributed by atoms with Crippen molar-refractivity contribution in [1.82, 2.24) is 0 Å². The van der Waals surface area contributed by atoms with E-state index in [1.807, 2.05) is 55.4 Å². The fourth-order valence-electron chi connectivity index (χ4n) is 1.16. The van der Waals surface area contributed by atoms with E-state index < -0.39 is 0 Å². The van der Waals surface area contributed by atoms with Crippen molar-refractivity contribution >= 4 is 22.8 Å². The summed E-state index contributed by atoms with van der Waals surface area (Å²) in [7, 11) is 0. The minimum atomic E-state index is 0.867. The van der Waals surface area contributed by atoms with Gasteiger partial charge in [-0.15, -0.1) is 0 Å². The van der Waals surface area contributed by atoms with Crippen molar-refractivity contribution in [2.24, 2.45) is 0 Å². The van der Waals surface area contributed by atoms with Crippen molar-refractivity contribution in [3.05, 3.63) is 48.5 Å². The number of fused-ring (bicyclic) bond motifs is 1. The van der Waals surface area contributed by atoms with Crippen LogP contribution in [0.5, 0.6) is 0 Å². The molecule has 0 N–H and O–H groups in total. The molecule has 0 bridgehead atoms. The van der Waals surface area contributed by atoms with Crippen LogP contribution in [-0.4, -0.2) is 6.26 Å². The Hall–Kier alpha value is -1.07. The first-order valence-corrected chi connectivity index (χ1v) is 9.46. The summed E-state index contributed by atoms with van der Waals surface area (Å²) >= 11 is 0.867. The molecule has 0 spiro atoms. The summed E-state index contributed by atoms with van der Waals surface area (Å²) in [6.45, 7) is 16.0. The summed E-state index contributed by atoms with van der Waals surface area (Å²) in [5.41, 5.74) is 0. The Kier molecular flexibility index (Phi) is 42.6. The van der Waals surface area contributed by atoms with E-state index >= 15 is 0 Å². The second kappa shape index (κ2) is 32.8. The Morgan fingerprint density at radius 1 is 0.652 bits per heavy atom. The van der Waals surface area contributed by atoms with Gasteiger partial charge in [-0.25, -0.2) is 0 Å². The predicted octanol–water partition coefficient (Wildman–Crippen LogP) is 6.43. The number of hydrogen-bond donors (Lipinski definition) is 0. The van der Waals surface area contributed by atoms with Crippen molar-refractivity contribution in [3.63, 3.8) is 0 Å². The average molecular weight is 344 g/mol. The summed E-state index contributed by atoms with van der Waals surface area (Å²) in [6, 6.07) is 16.7. The molecule has 0 amide bonds. The van der Waals surface area contributed by atoms with E-state index in [2.05, 4.69) is 57.9 Å². The quantitative estimate of drug-likeness (QED) is 0.358. The van der Waals surface area contributed by atoms with E-state index in [0.717, 1.165) is 12.0 Å². The fourth-order valence-corrected chi connectivity index (χ4v) is 1.22. The molecule has 0 saturated carbocycles. The lowest BCUT2D eigenvalue weighted by Crippen LogP contribution is -2.00. The molecule has 0 radical (unpaired) electrons. The topological polar surface area (TPSA) is 41.5 Å². The molecule has 136 valence electrons. The molecule has 0 heterocycles. The summed E-state index contributed by atoms with van der Waals surface area (Å²) in [4.78, 5) is 0. The van der Waals surface area contributed by atoms with Crippen molar-refractivity contribution in [2.75, 3.05) is 6.26 Å². The first kappa shape index (κ1) is 29.9. The SMILES string of the molecule is CC.CC.CC.CC.CSOO[O-].c1ccc2ccccc2c1. The van der Waals surface area contributed by atoms with Crippen LogP contribution >= 0.6 is 12.0 Å². The van der Waals surface area contributed by atoms with Crippen molar-refractivity contribution in [2.45, 2.75) is 55.4 Å². The predicted molar refractivity (Wildman–Crippen MR) is 105 cm³/mol. The van der Waals surface area contributed by atoms with Gasteiger partial charge in [-0.3, -0.25) is 5.04 Å². The van der Waals surface area contributed by atoms with E-state index in [-0.39, 0.29) is 0 Å². The second-order valence-corrected chi connectivity index (χ2v) is 3.12. The third kappa shape index (κ3) is 20.9. The Bertz CT molecular complexity index is 328. The third-order valence-electron chi connectivity index (χ3n) is 1.75. The van der Waals surface area contributed by atoms with Crippen LogP contribution in [0.1, 0.15) is 55.4 Å². The largest absolute Gasteiger partial charge is 0.691 e. The summed E-state index contributed by atoms with van der Waals surface area (Å²) in [5.74, 6) is 0. The minimum absolute atomic E-state index is 0.867. The van der Waals surface area contributed by atoms with Crippen LogP contribution in [0.15, 0.2) is 48.5 Å². The molecule has 2 rings (SSSR count). The maximum Gasteiger partial charge on any atom is 0.0271 e. The van der Waals surface area contributed by atoms with Crippen molar-refractivity contribution < 1.29 is 14.6 Å². The van der Waals surface area contributed by atoms with E-state index in [1.54, 1.807) is 6.26 Å². The van der Waals surface area contributed by atoms with Gasteiger partial charge in [-0.2, -0.15) is 4.33 Å². The zero-order valence-electron chi connectivity index (χ0n) is 16.3. The Labute approximate surface area is 148 Å². The van der Waals surface area contributed by atoms with Gasteiger partial charge in [0.1, 0.15) is 0 Å². The van der Waals surface area contributed by atoms with Crippen LogP contribution in [-0.2, 0) is 9.37 Å². The van der Waals surface area contributed by atoms with Gasteiger partial charge in [-0.1, -0.05) is 104 Å². The van der Waals surface area contributed by atoms with Crippen molar-refractivity contribution in [1.29, 1.82) is 0 Å². The highest BCUT2D eigenvalue weighted by atomic mass is 32.2. The molecule has 4 heteroatoms. The van der Waals surface area contributed by atoms with Gasteiger partial charge in [0.2, 0.25) is 0 Å². The van der Waals surface area contributed by atoms with Gasteiger partial charge in [0, 0.05) is 18.3 Å². The zero-order valence-corrected chi connectivity index (χ0v) is 17.1. The molecule has 0 aliphatic heterocycles. The molecular weight excluding hydrogens is 308 g/mol. The standard InChI is InChI=1S/C10H8.4C2H6.CH4O3S/c1-2-6-10-8-4-3-7-9(10)5-1;4*1-2;1-5-4-3-2/h1-8H;4*1-2H3;2H,1H3/p-1. The van der Waals surface area contributed by atoms with Gasteiger partial charge in [0.15, 0.2) is 0 Å². The van der Waals surface area contributed by atoms with Crippen LogP contribution in [0.3, 0.4) is 0 Å². The monoisotopic (exact) mass is 343 g/mol. The molecular formula is C19H35O3S-. The average Bonchev–Trinajstić information content (AvgIpc) is 2.69. The van der Waals surface area contributed by atoms with Crippen LogP contribution in [0.4, 0.5) is 0 Å². The molecule has 0 aliphatic rings. The lowest BCUT2D eigenvalue weighted by atomic mass is 10.1. The molecule has 2 aromatic carbocycles. The minimum Gasteiger partial charge on any atom is -0.691 e. The first-order valence-electron chi connectivity index (χ1n) is 8.31. The Morgan fingerprint density at radius 3 is 1.04 bits per heavy atom. The van der Waals surface area contributed by atoms with Gasteiger partial charge < -0.3 is 5.26 Å². The van der Waals surface area contributed by atoms with E-state index in [4.69, 9.17) is 5.26 Å². The van der Waals surface area contributed by atoms with Gasteiger partial charge in [-0.05, 0) is 10.8 Å². The van der Waals surface area contributed by atoms with Crippen LogP contribution < -0.4 is 5.26 Å². The molecule has 2 aromatic rings. The van der Waals surface area contributed by atoms with Gasteiger partial charge in [0.25, 0.3) is 0 Å². The lowest BCUT2D eigenvalue weighted by molar-refractivity contribution is -0.777. The lowest BCUT2D eigenvalue weighted by Gasteiger charge is -1.96. The number of hydrogen-bond acceptors (Lipinski definition) is 4. The van der Waals surface area contributed by atoms with E-state index in [0.29, 0.717) is 0 Å². The normalized spacial score (nSPS) is 7.22. The Morgan fingerprint density at radius 2 is 0.913 bits per heavy atom. The molecule has 3 nitrogen and oxygen atoms in total. The smallest absolute Gasteiger partial charge is 0.0271 e. The third-order valence-corrected chi connectivity index (χ3v) is 1.95. The highest BCUT2D eigenvalue weighted by Crippen LogP contribution is 2.11.